The van der Waals surface area contributed by atoms with E-state index in [0.29, 0.717) is 31.0 Å². The van der Waals surface area contributed by atoms with Crippen LogP contribution in [0.15, 0.2) is 6.20 Å². The molecular weight excluding hydrogens is 216 g/mol. The van der Waals surface area contributed by atoms with Gasteiger partial charge in [0.2, 0.25) is 0 Å². The summed E-state index contributed by atoms with van der Waals surface area (Å²) in [5, 5.41) is 15.2. The van der Waals surface area contributed by atoms with Gasteiger partial charge in [-0.1, -0.05) is 13.8 Å². The number of amides is 1. The van der Waals surface area contributed by atoms with Crippen molar-refractivity contribution in [3.63, 3.8) is 0 Å². The Morgan fingerprint density at radius 3 is 2.82 bits per heavy atom. The summed E-state index contributed by atoms with van der Waals surface area (Å²) in [6, 6.07) is 2.07. The number of hydrogen-bond donors (Lipinski definition) is 1. The van der Waals surface area contributed by atoms with Gasteiger partial charge in [0.1, 0.15) is 0 Å². The molecule has 0 aliphatic rings. The molecule has 0 atom stereocenters. The molecule has 17 heavy (non-hydrogen) atoms. The molecule has 0 spiro atoms. The molecule has 0 saturated heterocycles. The fraction of sp³-hybridized carbons (Fsp3) is 0.583. The van der Waals surface area contributed by atoms with Crippen molar-refractivity contribution in [3.8, 4) is 6.07 Å². The number of aromatic amines is 1. The van der Waals surface area contributed by atoms with Crippen LogP contribution in [0.25, 0.3) is 0 Å². The summed E-state index contributed by atoms with van der Waals surface area (Å²) in [6.45, 7) is 7.05. The quantitative estimate of drug-likeness (QED) is 0.843. The van der Waals surface area contributed by atoms with Crippen LogP contribution in [0.1, 0.15) is 36.3 Å². The molecule has 1 aromatic heterocycles. The third-order valence-electron chi connectivity index (χ3n) is 2.43. The van der Waals surface area contributed by atoms with E-state index in [-0.39, 0.29) is 5.91 Å². The van der Waals surface area contributed by atoms with E-state index in [1.54, 1.807) is 4.90 Å². The lowest BCUT2D eigenvalue weighted by molar-refractivity contribution is 0.0739. The van der Waals surface area contributed by atoms with Crippen molar-refractivity contribution in [2.24, 2.45) is 5.92 Å². The fourth-order valence-corrected chi connectivity index (χ4v) is 1.64. The topological polar surface area (TPSA) is 72.8 Å². The van der Waals surface area contributed by atoms with Crippen LogP contribution in [0.2, 0.25) is 0 Å². The average molecular weight is 234 g/mol. The Morgan fingerprint density at radius 2 is 2.35 bits per heavy atom. The van der Waals surface area contributed by atoms with Crippen molar-refractivity contribution in [3.05, 3.63) is 17.5 Å². The van der Waals surface area contributed by atoms with Crippen LogP contribution in [-0.2, 0) is 0 Å². The zero-order valence-electron chi connectivity index (χ0n) is 10.5. The second-order valence-electron chi connectivity index (χ2n) is 4.46. The van der Waals surface area contributed by atoms with Crippen LogP contribution < -0.4 is 0 Å². The number of hydrogen-bond acceptors (Lipinski definition) is 3. The first-order chi connectivity index (χ1) is 8.06. The van der Waals surface area contributed by atoms with Gasteiger partial charge in [-0.25, -0.2) is 0 Å². The fourth-order valence-electron chi connectivity index (χ4n) is 1.64. The molecule has 0 saturated carbocycles. The first kappa shape index (κ1) is 13.2. The van der Waals surface area contributed by atoms with E-state index in [4.69, 9.17) is 5.26 Å². The molecule has 1 N–H and O–H groups in total. The number of rotatable bonds is 5. The molecular formula is C12H18N4O. The number of carbonyl (C=O) groups is 1. The van der Waals surface area contributed by atoms with Crippen molar-refractivity contribution in [1.29, 1.82) is 5.26 Å². The molecule has 0 aliphatic carbocycles. The number of aryl methyl sites for hydroxylation is 1. The highest BCUT2D eigenvalue weighted by atomic mass is 16.2. The SMILES string of the molecule is Cc1[nH]ncc1C(=O)N(CCC#N)CC(C)C. The Hall–Kier alpha value is -1.83. The number of H-pyrrole nitrogens is 1. The predicted molar refractivity (Wildman–Crippen MR) is 64.3 cm³/mol. The Balaban J connectivity index is 2.79. The predicted octanol–water partition coefficient (Wildman–Crippen LogP) is 1.73. The summed E-state index contributed by atoms with van der Waals surface area (Å²) in [5.74, 6) is 0.324. The maximum Gasteiger partial charge on any atom is 0.257 e. The standard InChI is InChI=1S/C12H18N4O/c1-9(2)8-16(6-4-5-13)12(17)11-7-14-15-10(11)3/h7,9H,4,6,8H2,1-3H3,(H,14,15). The van der Waals surface area contributed by atoms with Crippen LogP contribution in [0.4, 0.5) is 0 Å². The Labute approximate surface area is 101 Å². The summed E-state index contributed by atoms with van der Waals surface area (Å²) in [6.07, 6.45) is 1.90. The number of carbonyl (C=O) groups excluding carboxylic acids is 1. The summed E-state index contributed by atoms with van der Waals surface area (Å²) in [7, 11) is 0. The largest absolute Gasteiger partial charge is 0.337 e. The number of aromatic nitrogens is 2. The first-order valence-corrected chi connectivity index (χ1v) is 5.72. The van der Waals surface area contributed by atoms with E-state index in [9.17, 15) is 4.79 Å². The van der Waals surface area contributed by atoms with Crippen LogP contribution in [0.5, 0.6) is 0 Å². The van der Waals surface area contributed by atoms with E-state index >= 15 is 0 Å². The van der Waals surface area contributed by atoms with Gasteiger partial charge in [-0.2, -0.15) is 10.4 Å². The molecule has 0 radical (unpaired) electrons. The van der Waals surface area contributed by atoms with E-state index in [2.05, 4.69) is 30.1 Å². The van der Waals surface area contributed by atoms with E-state index in [0.717, 1.165) is 5.69 Å². The second-order valence-corrected chi connectivity index (χ2v) is 4.46. The molecule has 0 fully saturated rings. The molecule has 92 valence electrons. The molecule has 1 rings (SSSR count). The zero-order valence-corrected chi connectivity index (χ0v) is 10.5. The van der Waals surface area contributed by atoms with Gasteiger partial charge in [0, 0.05) is 18.8 Å². The molecule has 1 aromatic rings. The van der Waals surface area contributed by atoms with Gasteiger partial charge in [-0.3, -0.25) is 9.89 Å². The third kappa shape index (κ3) is 3.59. The Kier molecular flexibility index (Phi) is 4.70. The van der Waals surface area contributed by atoms with Crippen LogP contribution in [0.3, 0.4) is 0 Å². The minimum absolute atomic E-state index is 0.0554. The number of nitrogens with one attached hydrogen (secondary N) is 1. The summed E-state index contributed by atoms with van der Waals surface area (Å²) < 4.78 is 0. The Morgan fingerprint density at radius 1 is 1.65 bits per heavy atom. The van der Waals surface area contributed by atoms with Crippen LogP contribution in [0, 0.1) is 24.2 Å². The van der Waals surface area contributed by atoms with Gasteiger partial charge in [0.25, 0.3) is 5.91 Å². The highest BCUT2D eigenvalue weighted by Gasteiger charge is 2.19. The van der Waals surface area contributed by atoms with E-state index in [1.807, 2.05) is 6.92 Å². The van der Waals surface area contributed by atoms with E-state index in [1.165, 1.54) is 6.20 Å². The number of nitrogens with zero attached hydrogens (tertiary/aromatic N) is 3. The zero-order chi connectivity index (χ0) is 12.8. The Bertz CT molecular complexity index is 416. The maximum atomic E-state index is 12.2. The lowest BCUT2D eigenvalue weighted by Crippen LogP contribution is -2.35. The van der Waals surface area contributed by atoms with Crippen LogP contribution in [-0.4, -0.2) is 34.1 Å². The van der Waals surface area contributed by atoms with Crippen molar-refractivity contribution < 1.29 is 4.79 Å². The molecule has 5 nitrogen and oxygen atoms in total. The third-order valence-corrected chi connectivity index (χ3v) is 2.43. The molecule has 5 heteroatoms. The van der Waals surface area contributed by atoms with Gasteiger partial charge in [0.05, 0.1) is 24.3 Å². The minimum atomic E-state index is -0.0554. The summed E-state index contributed by atoms with van der Waals surface area (Å²) in [5.41, 5.74) is 1.35. The van der Waals surface area contributed by atoms with Crippen molar-refractivity contribution in [1.82, 2.24) is 15.1 Å². The molecule has 1 heterocycles. The first-order valence-electron chi connectivity index (χ1n) is 5.72. The van der Waals surface area contributed by atoms with Crippen molar-refractivity contribution >= 4 is 5.91 Å². The molecule has 0 unspecified atom stereocenters. The molecule has 1 amide bonds. The highest BCUT2D eigenvalue weighted by molar-refractivity contribution is 5.95. The van der Waals surface area contributed by atoms with Gasteiger partial charge < -0.3 is 4.90 Å². The normalized spacial score (nSPS) is 10.3. The molecule has 0 aromatic carbocycles. The van der Waals surface area contributed by atoms with Crippen molar-refractivity contribution in [2.45, 2.75) is 27.2 Å². The maximum absolute atomic E-state index is 12.2. The second kappa shape index (κ2) is 6.04. The lowest BCUT2D eigenvalue weighted by Gasteiger charge is -2.23. The monoisotopic (exact) mass is 234 g/mol. The highest BCUT2D eigenvalue weighted by Crippen LogP contribution is 2.10. The van der Waals surface area contributed by atoms with Gasteiger partial charge in [-0.05, 0) is 12.8 Å². The van der Waals surface area contributed by atoms with E-state index < -0.39 is 0 Å². The summed E-state index contributed by atoms with van der Waals surface area (Å²) >= 11 is 0. The van der Waals surface area contributed by atoms with Gasteiger partial charge in [0.15, 0.2) is 0 Å². The van der Waals surface area contributed by atoms with Gasteiger partial charge >= 0.3 is 0 Å². The molecule has 0 bridgehead atoms. The lowest BCUT2D eigenvalue weighted by atomic mass is 10.1. The molecule has 0 aliphatic heterocycles. The average Bonchev–Trinajstić information content (AvgIpc) is 2.69. The number of nitriles is 1. The van der Waals surface area contributed by atoms with Crippen molar-refractivity contribution in [2.75, 3.05) is 13.1 Å². The minimum Gasteiger partial charge on any atom is -0.337 e. The smallest absolute Gasteiger partial charge is 0.257 e. The van der Waals surface area contributed by atoms with Gasteiger partial charge in [-0.15, -0.1) is 0 Å². The summed E-state index contributed by atoms with van der Waals surface area (Å²) in [4.78, 5) is 13.9. The van der Waals surface area contributed by atoms with Crippen LogP contribution >= 0.6 is 0 Å².